The molecule has 42 heavy (non-hydrogen) atoms. The van der Waals surface area contributed by atoms with Gasteiger partial charge in [-0.3, -0.25) is 0 Å². The second-order valence-corrected chi connectivity index (χ2v) is 11.6. The maximum atomic E-state index is 6.15. The van der Waals surface area contributed by atoms with Crippen LogP contribution in [0.3, 0.4) is 0 Å². The van der Waals surface area contributed by atoms with E-state index < -0.39 is 0 Å². The lowest BCUT2D eigenvalue weighted by molar-refractivity contribution is 0.153. The van der Waals surface area contributed by atoms with Crippen LogP contribution < -0.4 is 10.1 Å². The molecule has 0 radical (unpaired) electrons. The molecule has 1 fully saturated rings. The molecule has 1 aliphatic rings. The minimum Gasteiger partial charge on any atom is -0.457 e. The van der Waals surface area contributed by atoms with E-state index in [2.05, 4.69) is 91.7 Å². The van der Waals surface area contributed by atoms with Crippen molar-refractivity contribution >= 4 is 0 Å². The molecule has 1 aliphatic heterocycles. The molecule has 1 unspecified atom stereocenters. The zero-order valence-corrected chi connectivity index (χ0v) is 27.9. The van der Waals surface area contributed by atoms with Crippen LogP contribution in [0, 0.1) is 18.8 Å². The Labute approximate surface area is 259 Å². The van der Waals surface area contributed by atoms with Gasteiger partial charge in [0.05, 0.1) is 0 Å². The van der Waals surface area contributed by atoms with Gasteiger partial charge < -0.3 is 15.0 Å². The van der Waals surface area contributed by atoms with E-state index in [9.17, 15) is 0 Å². The van der Waals surface area contributed by atoms with Gasteiger partial charge in [-0.1, -0.05) is 115 Å². The summed E-state index contributed by atoms with van der Waals surface area (Å²) in [6.07, 6.45) is 9.28. The molecular weight excluding hydrogens is 512 g/mol. The fraction of sp³-hybridized carbons (Fsp3) is 0.538. The Balaban J connectivity index is 0.00000148. The number of likely N-dealkylation sites (tertiary alicyclic amines) is 1. The van der Waals surface area contributed by atoms with Crippen LogP contribution in [0.4, 0.5) is 0 Å². The van der Waals surface area contributed by atoms with Crippen molar-refractivity contribution in [1.29, 1.82) is 0 Å². The standard InChI is InChI=1S/C35H48N2O.2C2H6/c1-4-5-11-28(2)22-31-18-20-37(21-19-31)27-33(24-30-13-7-6-8-14-30)36-26-32-15-10-17-35(25-32)38-34-16-9-12-29(3)23-34;2*1-2/h6-10,12-17,23,25,28,31,33,36H,4-5,11,18-22,24,26-27H2,1-3H3;2*1-2H3/t28?,33-;;/m0../s1. The lowest BCUT2D eigenvalue weighted by Crippen LogP contribution is -2.45. The average molecular weight is 573 g/mol. The Kier molecular flexibility index (Phi) is 17.9. The zero-order valence-electron chi connectivity index (χ0n) is 27.9. The summed E-state index contributed by atoms with van der Waals surface area (Å²) in [5.74, 6) is 3.57. The first-order chi connectivity index (χ1) is 20.6. The van der Waals surface area contributed by atoms with Crippen LogP contribution >= 0.6 is 0 Å². The molecule has 0 bridgehead atoms. The molecule has 3 heteroatoms. The van der Waals surface area contributed by atoms with Gasteiger partial charge in [-0.15, -0.1) is 0 Å². The smallest absolute Gasteiger partial charge is 0.127 e. The first-order valence-electron chi connectivity index (χ1n) is 16.9. The van der Waals surface area contributed by atoms with Crippen LogP contribution in [0.5, 0.6) is 11.5 Å². The molecule has 1 saturated heterocycles. The normalized spacial score (nSPS) is 15.0. The number of hydrogen-bond acceptors (Lipinski definition) is 3. The van der Waals surface area contributed by atoms with Gasteiger partial charge in [0.2, 0.25) is 0 Å². The van der Waals surface area contributed by atoms with Crippen molar-refractivity contribution in [3.05, 3.63) is 95.6 Å². The summed E-state index contributed by atoms with van der Waals surface area (Å²) < 4.78 is 6.15. The highest BCUT2D eigenvalue weighted by Crippen LogP contribution is 2.27. The van der Waals surface area contributed by atoms with Gasteiger partial charge in [-0.05, 0) is 98.5 Å². The summed E-state index contributed by atoms with van der Waals surface area (Å²) in [5, 5.41) is 3.90. The molecule has 2 atom stereocenters. The summed E-state index contributed by atoms with van der Waals surface area (Å²) in [6.45, 7) is 19.3. The van der Waals surface area contributed by atoms with Gasteiger partial charge >= 0.3 is 0 Å². The van der Waals surface area contributed by atoms with Crippen LogP contribution in [-0.2, 0) is 13.0 Å². The molecule has 1 heterocycles. The molecule has 232 valence electrons. The molecule has 1 N–H and O–H groups in total. The van der Waals surface area contributed by atoms with E-state index in [1.165, 1.54) is 68.3 Å². The average Bonchev–Trinajstić information content (AvgIpc) is 3.02. The third-order valence-electron chi connectivity index (χ3n) is 8.02. The molecule has 3 aromatic rings. The van der Waals surface area contributed by atoms with Crippen molar-refractivity contribution in [3.8, 4) is 11.5 Å². The topological polar surface area (TPSA) is 24.5 Å². The number of nitrogens with one attached hydrogen (secondary N) is 1. The SMILES string of the molecule is CC.CC.CCCCC(C)CC1CCN(C[C@H](Cc2ccccc2)NCc2cccc(Oc3cccc(C)c3)c2)CC1. The number of aryl methyl sites for hydroxylation is 1. The molecule has 0 aliphatic carbocycles. The van der Waals surface area contributed by atoms with Gasteiger partial charge in [-0.25, -0.2) is 0 Å². The third-order valence-corrected chi connectivity index (χ3v) is 8.02. The van der Waals surface area contributed by atoms with Crippen molar-refractivity contribution in [3.63, 3.8) is 0 Å². The number of ether oxygens (including phenoxy) is 1. The van der Waals surface area contributed by atoms with Crippen LogP contribution in [0.1, 0.15) is 96.8 Å². The van der Waals surface area contributed by atoms with E-state index in [1.807, 2.05) is 45.9 Å². The number of unbranched alkanes of at least 4 members (excludes halogenated alkanes) is 1. The summed E-state index contributed by atoms with van der Waals surface area (Å²) in [4.78, 5) is 2.70. The van der Waals surface area contributed by atoms with Crippen molar-refractivity contribution in [1.82, 2.24) is 10.2 Å². The molecule has 0 aromatic heterocycles. The molecule has 0 amide bonds. The maximum Gasteiger partial charge on any atom is 0.127 e. The predicted molar refractivity (Wildman–Crippen MR) is 184 cm³/mol. The number of hydrogen-bond donors (Lipinski definition) is 1. The second-order valence-electron chi connectivity index (χ2n) is 11.6. The monoisotopic (exact) mass is 572 g/mol. The summed E-state index contributed by atoms with van der Waals surface area (Å²) in [5.41, 5.74) is 3.87. The van der Waals surface area contributed by atoms with E-state index in [-0.39, 0.29) is 0 Å². The minimum absolute atomic E-state index is 0.416. The first kappa shape index (κ1) is 35.6. The number of nitrogens with zero attached hydrogens (tertiary/aromatic N) is 1. The number of rotatable bonds is 14. The minimum atomic E-state index is 0.416. The van der Waals surface area contributed by atoms with Crippen molar-refractivity contribution < 1.29 is 4.74 Å². The van der Waals surface area contributed by atoms with Crippen molar-refractivity contribution in [2.45, 2.75) is 106 Å². The Morgan fingerprint density at radius 1 is 0.833 bits per heavy atom. The summed E-state index contributed by atoms with van der Waals surface area (Å²) >= 11 is 0. The van der Waals surface area contributed by atoms with Crippen molar-refractivity contribution in [2.24, 2.45) is 11.8 Å². The largest absolute Gasteiger partial charge is 0.457 e. The van der Waals surface area contributed by atoms with Crippen LogP contribution in [0.25, 0.3) is 0 Å². The van der Waals surface area contributed by atoms with Crippen LogP contribution in [0.2, 0.25) is 0 Å². The molecule has 0 saturated carbocycles. The Morgan fingerprint density at radius 2 is 1.48 bits per heavy atom. The third kappa shape index (κ3) is 13.6. The highest BCUT2D eigenvalue weighted by atomic mass is 16.5. The van der Waals surface area contributed by atoms with Gasteiger partial charge in [0.1, 0.15) is 11.5 Å². The Hall–Kier alpha value is -2.62. The van der Waals surface area contributed by atoms with E-state index >= 15 is 0 Å². The molecule has 3 aromatic carbocycles. The number of benzene rings is 3. The highest BCUT2D eigenvalue weighted by molar-refractivity contribution is 5.35. The molecule has 0 spiro atoms. The van der Waals surface area contributed by atoms with Crippen LogP contribution in [0.15, 0.2) is 78.9 Å². The number of piperidine rings is 1. The van der Waals surface area contributed by atoms with Crippen LogP contribution in [-0.4, -0.2) is 30.6 Å². The fourth-order valence-electron chi connectivity index (χ4n) is 5.85. The zero-order chi connectivity index (χ0) is 30.6. The molecular formula is C39H60N2O. The summed E-state index contributed by atoms with van der Waals surface area (Å²) in [7, 11) is 0. The van der Waals surface area contributed by atoms with E-state index in [4.69, 9.17) is 4.74 Å². The first-order valence-corrected chi connectivity index (χ1v) is 16.9. The van der Waals surface area contributed by atoms with Gasteiger partial charge in [0, 0.05) is 19.1 Å². The Morgan fingerprint density at radius 3 is 2.14 bits per heavy atom. The quantitative estimate of drug-likeness (QED) is 0.208. The fourth-order valence-corrected chi connectivity index (χ4v) is 5.85. The predicted octanol–water partition coefficient (Wildman–Crippen LogP) is 10.5. The summed E-state index contributed by atoms with van der Waals surface area (Å²) in [6, 6.07) is 28.1. The van der Waals surface area contributed by atoms with E-state index in [0.29, 0.717) is 6.04 Å². The van der Waals surface area contributed by atoms with E-state index in [0.717, 1.165) is 42.8 Å². The lowest BCUT2D eigenvalue weighted by atomic mass is 9.86. The lowest BCUT2D eigenvalue weighted by Gasteiger charge is -2.35. The second kappa shape index (κ2) is 21.1. The van der Waals surface area contributed by atoms with Gasteiger partial charge in [0.15, 0.2) is 0 Å². The van der Waals surface area contributed by atoms with E-state index in [1.54, 1.807) is 0 Å². The van der Waals surface area contributed by atoms with Gasteiger partial charge in [-0.2, -0.15) is 0 Å². The van der Waals surface area contributed by atoms with Crippen molar-refractivity contribution in [2.75, 3.05) is 19.6 Å². The molecule has 4 rings (SSSR count). The maximum absolute atomic E-state index is 6.15. The van der Waals surface area contributed by atoms with Gasteiger partial charge in [0.25, 0.3) is 0 Å². The Bertz CT molecular complexity index is 1070. The highest BCUT2D eigenvalue weighted by Gasteiger charge is 2.23. The molecule has 3 nitrogen and oxygen atoms in total.